The first-order chi connectivity index (χ1) is 16.5. The van der Waals surface area contributed by atoms with Crippen LogP contribution in [0.1, 0.15) is 15.9 Å². The average Bonchev–Trinajstić information content (AvgIpc) is 3.57. The molecule has 1 aliphatic heterocycles. The van der Waals surface area contributed by atoms with Crippen LogP contribution in [0.2, 0.25) is 5.02 Å². The van der Waals surface area contributed by atoms with Crippen molar-refractivity contribution in [2.75, 3.05) is 0 Å². The molecule has 168 valence electrons. The minimum atomic E-state index is -0.515. The number of carbonyl (C=O) groups is 2. The maximum atomic E-state index is 13.1. The van der Waals surface area contributed by atoms with E-state index in [1.807, 2.05) is 54.0 Å². The number of hydrazine groups is 1. The molecule has 10 heteroatoms. The molecule has 0 aliphatic carbocycles. The molecule has 0 spiro atoms. The number of para-hydroxylation sites is 1. The summed E-state index contributed by atoms with van der Waals surface area (Å²) >= 11 is 14.2. The molecular formula is C24H15ClN4O2S3. The molecule has 0 unspecified atom stereocenters. The Morgan fingerprint density at radius 2 is 1.82 bits per heavy atom. The molecule has 1 saturated heterocycles. The van der Waals surface area contributed by atoms with Crippen LogP contribution in [0.5, 0.6) is 0 Å². The third-order valence-corrected chi connectivity index (χ3v) is 7.44. The molecule has 0 atom stereocenters. The number of thioether (sulfide) groups is 1. The summed E-state index contributed by atoms with van der Waals surface area (Å²) in [5.41, 5.74) is 5.24. The number of nitrogens with one attached hydrogen (secondary N) is 1. The Balaban J connectivity index is 1.46. The number of thiophene rings is 1. The van der Waals surface area contributed by atoms with Crippen molar-refractivity contribution in [2.45, 2.75) is 0 Å². The zero-order chi connectivity index (χ0) is 23.7. The highest BCUT2D eigenvalue weighted by atomic mass is 35.5. The second kappa shape index (κ2) is 9.55. The summed E-state index contributed by atoms with van der Waals surface area (Å²) in [6.45, 7) is 0. The average molecular weight is 523 g/mol. The Morgan fingerprint density at radius 1 is 1.06 bits per heavy atom. The highest BCUT2D eigenvalue weighted by Gasteiger charge is 2.34. The summed E-state index contributed by atoms with van der Waals surface area (Å²) in [7, 11) is 0. The molecule has 1 N–H and O–H groups in total. The fourth-order valence-electron chi connectivity index (χ4n) is 3.32. The van der Waals surface area contributed by atoms with Crippen molar-refractivity contribution in [3.05, 3.63) is 99.4 Å². The maximum Gasteiger partial charge on any atom is 0.285 e. The highest BCUT2D eigenvalue weighted by Crippen LogP contribution is 2.35. The molecule has 1 fully saturated rings. The van der Waals surface area contributed by atoms with Gasteiger partial charge in [-0.3, -0.25) is 15.0 Å². The van der Waals surface area contributed by atoms with Crippen LogP contribution in [0.25, 0.3) is 22.3 Å². The summed E-state index contributed by atoms with van der Waals surface area (Å²) in [6.07, 6.45) is 3.63. The second-order valence-corrected chi connectivity index (χ2v) is 10.2. The van der Waals surface area contributed by atoms with E-state index in [0.29, 0.717) is 4.91 Å². The van der Waals surface area contributed by atoms with E-state index in [-0.39, 0.29) is 14.9 Å². The summed E-state index contributed by atoms with van der Waals surface area (Å²) < 4.78 is 2.01. The van der Waals surface area contributed by atoms with E-state index in [4.69, 9.17) is 28.9 Å². The van der Waals surface area contributed by atoms with Gasteiger partial charge in [0.1, 0.15) is 5.69 Å². The van der Waals surface area contributed by atoms with Crippen molar-refractivity contribution in [2.24, 2.45) is 0 Å². The van der Waals surface area contributed by atoms with Crippen molar-refractivity contribution in [3.63, 3.8) is 0 Å². The van der Waals surface area contributed by atoms with Gasteiger partial charge in [0.05, 0.1) is 26.1 Å². The van der Waals surface area contributed by atoms with Crippen molar-refractivity contribution in [1.29, 1.82) is 0 Å². The van der Waals surface area contributed by atoms with Crippen LogP contribution in [0.4, 0.5) is 0 Å². The lowest BCUT2D eigenvalue weighted by atomic mass is 10.2. The van der Waals surface area contributed by atoms with Gasteiger partial charge in [-0.05, 0) is 54.0 Å². The van der Waals surface area contributed by atoms with E-state index in [9.17, 15) is 9.59 Å². The highest BCUT2D eigenvalue weighted by molar-refractivity contribution is 8.26. The minimum absolute atomic E-state index is 0.227. The van der Waals surface area contributed by atoms with Gasteiger partial charge < -0.3 is 0 Å². The predicted octanol–water partition coefficient (Wildman–Crippen LogP) is 5.80. The predicted molar refractivity (Wildman–Crippen MR) is 141 cm³/mol. The van der Waals surface area contributed by atoms with Crippen molar-refractivity contribution in [1.82, 2.24) is 20.2 Å². The van der Waals surface area contributed by atoms with Crippen LogP contribution in [0, 0.1) is 0 Å². The molecule has 6 nitrogen and oxygen atoms in total. The Kier molecular flexibility index (Phi) is 6.34. The number of benzene rings is 2. The van der Waals surface area contributed by atoms with Gasteiger partial charge in [-0.15, -0.1) is 11.3 Å². The number of carbonyl (C=O) groups excluding carboxylic acids is 2. The molecule has 2 aromatic carbocycles. The van der Waals surface area contributed by atoms with Crippen LogP contribution in [0.3, 0.4) is 0 Å². The molecule has 2 amide bonds. The van der Waals surface area contributed by atoms with Crippen molar-refractivity contribution < 1.29 is 9.59 Å². The molecule has 4 aromatic rings. The summed E-state index contributed by atoms with van der Waals surface area (Å²) in [6, 6.07) is 20.3. The largest absolute Gasteiger partial charge is 0.285 e. The number of aromatic nitrogens is 2. The zero-order valence-corrected chi connectivity index (χ0v) is 20.5. The molecule has 34 heavy (non-hydrogen) atoms. The number of hydrogen-bond acceptors (Lipinski definition) is 6. The molecule has 0 saturated carbocycles. The second-order valence-electron chi connectivity index (χ2n) is 7.13. The topological polar surface area (TPSA) is 67.2 Å². The molecule has 2 aromatic heterocycles. The number of thiocarbonyl (C=S) groups is 1. The first-order valence-electron chi connectivity index (χ1n) is 10.0. The van der Waals surface area contributed by atoms with Gasteiger partial charge in [0.15, 0.2) is 4.32 Å². The van der Waals surface area contributed by atoms with Gasteiger partial charge in [0.2, 0.25) is 0 Å². The zero-order valence-electron chi connectivity index (χ0n) is 17.3. The van der Waals surface area contributed by atoms with E-state index in [1.54, 1.807) is 46.4 Å². The number of nitrogens with zero attached hydrogens (tertiary/aromatic N) is 3. The van der Waals surface area contributed by atoms with Gasteiger partial charge in [-0.1, -0.05) is 59.8 Å². The number of hydrogen-bond donors (Lipinski definition) is 1. The Hall–Kier alpha value is -3.24. The minimum Gasteiger partial charge on any atom is -0.267 e. The first-order valence-corrected chi connectivity index (χ1v) is 12.5. The van der Waals surface area contributed by atoms with Gasteiger partial charge >= 0.3 is 0 Å². The third-order valence-electron chi connectivity index (χ3n) is 4.93. The lowest BCUT2D eigenvalue weighted by Crippen LogP contribution is -2.44. The van der Waals surface area contributed by atoms with Gasteiger partial charge in [0, 0.05) is 11.8 Å². The number of amides is 2. The Bertz CT molecular complexity index is 1430. The van der Waals surface area contributed by atoms with Gasteiger partial charge in [-0.25, -0.2) is 4.68 Å². The molecule has 0 bridgehead atoms. The van der Waals surface area contributed by atoms with Crippen LogP contribution in [0.15, 0.2) is 83.2 Å². The summed E-state index contributed by atoms with van der Waals surface area (Å²) in [5, 5.41) is 8.09. The molecule has 1 aliphatic rings. The van der Waals surface area contributed by atoms with Crippen LogP contribution < -0.4 is 5.43 Å². The summed E-state index contributed by atoms with van der Waals surface area (Å²) in [5.74, 6) is -0.931. The smallest absolute Gasteiger partial charge is 0.267 e. The van der Waals surface area contributed by atoms with E-state index < -0.39 is 11.8 Å². The molecule has 5 rings (SSSR count). The monoisotopic (exact) mass is 522 g/mol. The summed E-state index contributed by atoms with van der Waals surface area (Å²) in [4.78, 5) is 27.1. The molecular weight excluding hydrogens is 508 g/mol. The third kappa shape index (κ3) is 4.43. The quantitative estimate of drug-likeness (QED) is 0.265. The lowest BCUT2D eigenvalue weighted by Gasteiger charge is -2.16. The number of halogens is 1. The Labute approximate surface area is 213 Å². The normalized spacial score (nSPS) is 14.7. The maximum absolute atomic E-state index is 13.1. The van der Waals surface area contributed by atoms with Crippen molar-refractivity contribution in [3.8, 4) is 16.3 Å². The van der Waals surface area contributed by atoms with Gasteiger partial charge in [-0.2, -0.15) is 10.1 Å². The standard InChI is InChI=1S/C24H15ClN4O2S3/c25-18-10-5-4-9-17(18)22(30)27-29-23(31)20(34-24(29)32)13-15-14-28(16-7-2-1-3-8-16)26-21(15)19-11-6-12-33-19/h1-14H,(H,27,30)/b20-13-. The first kappa shape index (κ1) is 22.5. The van der Waals surface area contributed by atoms with Crippen molar-refractivity contribution >= 4 is 69.1 Å². The van der Waals surface area contributed by atoms with Crippen LogP contribution in [-0.2, 0) is 4.79 Å². The SMILES string of the molecule is O=C(NN1C(=O)/C(=C/c2cn(-c3ccccc3)nc2-c2cccs2)SC1=S)c1ccccc1Cl. The lowest BCUT2D eigenvalue weighted by molar-refractivity contribution is -0.123. The van der Waals surface area contributed by atoms with E-state index >= 15 is 0 Å². The van der Waals surface area contributed by atoms with Crippen LogP contribution >= 0.6 is 46.9 Å². The van der Waals surface area contributed by atoms with E-state index in [0.717, 1.165) is 38.6 Å². The molecule has 3 heterocycles. The van der Waals surface area contributed by atoms with Gasteiger partial charge in [0.25, 0.3) is 11.8 Å². The number of rotatable bonds is 5. The van der Waals surface area contributed by atoms with Crippen LogP contribution in [-0.4, -0.2) is 30.9 Å². The fraction of sp³-hybridized carbons (Fsp3) is 0. The van der Waals surface area contributed by atoms with E-state index in [2.05, 4.69) is 5.43 Å². The fourth-order valence-corrected chi connectivity index (χ4v) is 5.45. The Morgan fingerprint density at radius 3 is 2.56 bits per heavy atom. The van der Waals surface area contributed by atoms with E-state index in [1.165, 1.54) is 0 Å². The molecule has 0 radical (unpaired) electrons.